The number of hydrogen-bond donors (Lipinski definition) is 8. The fraction of sp³-hybridized carbons (Fsp3) is 0.325. The molecule has 58 heavy (non-hydrogen) atoms. The van der Waals surface area contributed by atoms with Crippen LogP contribution in [0.2, 0.25) is 0 Å². The number of aliphatic hydroxyl groups is 5. The fourth-order valence-electron chi connectivity index (χ4n) is 7.86. The molecule has 0 radical (unpaired) electrons. The highest BCUT2D eigenvalue weighted by atomic mass is 16.7. The highest BCUT2D eigenvalue weighted by Crippen LogP contribution is 2.49. The molecule has 1 aliphatic carbocycles. The Balaban J connectivity index is 1.40. The van der Waals surface area contributed by atoms with Gasteiger partial charge in [-0.2, -0.15) is 4.99 Å². The van der Waals surface area contributed by atoms with Crippen molar-refractivity contribution in [2.75, 3.05) is 26.5 Å². The molecule has 18 heteroatoms. The van der Waals surface area contributed by atoms with Crippen LogP contribution in [0.25, 0.3) is 0 Å². The van der Waals surface area contributed by atoms with Crippen molar-refractivity contribution in [1.29, 1.82) is 5.41 Å². The van der Waals surface area contributed by atoms with Crippen molar-refractivity contribution in [2.24, 2.45) is 9.98 Å². The van der Waals surface area contributed by atoms with Gasteiger partial charge in [0.25, 0.3) is 11.7 Å². The van der Waals surface area contributed by atoms with Crippen LogP contribution in [0.3, 0.4) is 0 Å². The second kappa shape index (κ2) is 15.4. The Morgan fingerprint density at radius 3 is 2.55 bits per heavy atom. The number of amides is 1. The van der Waals surface area contributed by atoms with Crippen molar-refractivity contribution in [3.05, 3.63) is 100 Å². The summed E-state index contributed by atoms with van der Waals surface area (Å²) in [5, 5.41) is 65.5. The number of allylic oxidation sites excluding steroid dienone is 1. The molecule has 0 saturated carbocycles. The number of benzene rings is 3. The van der Waals surface area contributed by atoms with E-state index in [0.717, 1.165) is 0 Å². The molecule has 2 bridgehead atoms. The van der Waals surface area contributed by atoms with Gasteiger partial charge in [0.15, 0.2) is 35.3 Å². The lowest BCUT2D eigenvalue weighted by Gasteiger charge is -2.47. The van der Waals surface area contributed by atoms with Gasteiger partial charge in [-0.05, 0) is 18.2 Å². The van der Waals surface area contributed by atoms with Crippen LogP contribution in [0.5, 0.6) is 11.5 Å². The number of rotatable bonds is 9. The van der Waals surface area contributed by atoms with Gasteiger partial charge in [0.1, 0.15) is 43.5 Å². The average molecular weight is 797 g/mol. The Kier molecular flexibility index (Phi) is 10.3. The number of nitrogens with one attached hydrogen (secondary N) is 3. The lowest BCUT2D eigenvalue weighted by Crippen LogP contribution is -3.09. The van der Waals surface area contributed by atoms with Crippen LogP contribution in [-0.4, -0.2) is 130 Å². The molecule has 3 aromatic carbocycles. The first-order valence-corrected chi connectivity index (χ1v) is 18.4. The summed E-state index contributed by atoms with van der Waals surface area (Å²) < 4.78 is 24.7. The third kappa shape index (κ3) is 6.49. The minimum Gasteiger partial charge on any atom is -0.499 e. The van der Waals surface area contributed by atoms with Crippen molar-refractivity contribution in [1.82, 2.24) is 5.32 Å². The molecule has 1 saturated heterocycles. The normalized spacial score (nSPS) is 27.9. The minimum atomic E-state index is -2.48. The molecule has 0 aromatic heterocycles. The van der Waals surface area contributed by atoms with Crippen LogP contribution in [0.4, 0.5) is 5.69 Å². The monoisotopic (exact) mass is 796 g/mol. The number of quaternary nitrogens is 1. The number of guanidine groups is 1. The number of nitrogens with zero attached hydrogens (tertiary/aromatic N) is 2. The Morgan fingerprint density at radius 1 is 1.05 bits per heavy atom. The second-order valence-corrected chi connectivity index (χ2v) is 14.3. The lowest BCUT2D eigenvalue weighted by atomic mass is 9.79. The molecular formula is C40H38N5O13+. The number of para-hydroxylation sites is 1. The summed E-state index contributed by atoms with van der Waals surface area (Å²) in [4.78, 5) is 62.2. The Morgan fingerprint density at radius 2 is 1.79 bits per heavy atom. The Hall–Kier alpha value is -5.99. The zero-order valence-electron chi connectivity index (χ0n) is 30.5. The van der Waals surface area contributed by atoms with Crippen molar-refractivity contribution in [3.63, 3.8) is 0 Å². The highest BCUT2D eigenvalue weighted by Gasteiger charge is 2.57. The van der Waals surface area contributed by atoms with Gasteiger partial charge in [-0.1, -0.05) is 42.5 Å². The molecule has 300 valence electrons. The van der Waals surface area contributed by atoms with Gasteiger partial charge in [0.2, 0.25) is 18.0 Å². The van der Waals surface area contributed by atoms with E-state index in [0.29, 0.717) is 22.4 Å². The number of aliphatic hydroxyl groups excluding tert-OH is 4. The fourth-order valence-corrected chi connectivity index (χ4v) is 7.86. The number of fused-ring (bicyclic) bond motifs is 6. The molecule has 8 N–H and O–H groups in total. The van der Waals surface area contributed by atoms with E-state index in [4.69, 9.17) is 24.4 Å². The smallest absolute Gasteiger partial charge is 0.284 e. The molecule has 1 amide bonds. The van der Waals surface area contributed by atoms with Gasteiger partial charge in [0, 0.05) is 53.2 Å². The van der Waals surface area contributed by atoms with Crippen molar-refractivity contribution in [3.8, 4) is 11.5 Å². The van der Waals surface area contributed by atoms with Gasteiger partial charge in [-0.15, -0.1) is 0 Å². The molecule has 0 spiro atoms. The largest absolute Gasteiger partial charge is 0.499 e. The zero-order valence-corrected chi connectivity index (χ0v) is 30.5. The minimum absolute atomic E-state index is 0.0146. The number of ether oxygens (including phenoxy) is 4. The predicted octanol–water partition coefficient (Wildman–Crippen LogP) is -1.20. The Bertz CT molecular complexity index is 2330. The first-order chi connectivity index (χ1) is 28.0. The number of carbonyl (C=O) groups is 4. The number of amidine groups is 1. The summed E-state index contributed by atoms with van der Waals surface area (Å²) in [7, 11) is 0. The summed E-state index contributed by atoms with van der Waals surface area (Å²) in [6.07, 6.45) is -5.78. The third-order valence-electron chi connectivity index (χ3n) is 10.8. The van der Waals surface area contributed by atoms with E-state index in [1.807, 2.05) is 0 Å². The molecule has 1 fully saturated rings. The molecule has 5 aliphatic rings. The van der Waals surface area contributed by atoms with Crippen LogP contribution in [-0.2, 0) is 19.1 Å². The standard InChI is InChI=1S/C40H37N5O13/c41-39-43-36-29(37(53)44-39)42-18-45(36)26-8-4-3-5-21(26)20-10-14-55-17-27-32(51)35(52)40(54,11-13-47)38(57-27)58-33-24(20)15-25-28(34(33)56-16-19(48)9-12-46)31(50)23-7-2-1-6-22(23)30(25)49/h1-8,10,12,14-15,19-20,27,32,35,38,47-48,51-52,54H,9,11,13,16-18H2,(H2,41,44,53)/p+1. The first-order valence-electron chi connectivity index (χ1n) is 18.4. The van der Waals surface area contributed by atoms with Gasteiger partial charge in [0.05, 0.1) is 17.9 Å². The summed E-state index contributed by atoms with van der Waals surface area (Å²) in [5.74, 6) is -3.65. The predicted molar refractivity (Wildman–Crippen MR) is 199 cm³/mol. The summed E-state index contributed by atoms with van der Waals surface area (Å²) in [6.45, 7) is -1.61. The van der Waals surface area contributed by atoms with E-state index in [-0.39, 0.29) is 76.5 Å². The summed E-state index contributed by atoms with van der Waals surface area (Å²) in [6, 6.07) is 14.6. The van der Waals surface area contributed by atoms with E-state index >= 15 is 0 Å². The van der Waals surface area contributed by atoms with Gasteiger partial charge in [-0.25, -0.2) is 9.89 Å². The SMILES string of the molecule is N=C1N=C2C(=NC[NH+]2c2ccccc2C2C=COCC3OC(Oc4c2cc2c(c4OCC(O)CC=O)C(=O)c4ccccc4C2=O)C(O)(CCO)C(O)C3O)C(=O)N1. The van der Waals surface area contributed by atoms with Crippen LogP contribution in [0.1, 0.15) is 61.7 Å². The maximum Gasteiger partial charge on any atom is 0.284 e. The van der Waals surface area contributed by atoms with E-state index < -0.39 is 79.3 Å². The van der Waals surface area contributed by atoms with E-state index in [1.54, 1.807) is 42.5 Å². The topological polar surface area (TPSA) is 271 Å². The van der Waals surface area contributed by atoms with Gasteiger partial charge < -0.3 is 49.3 Å². The number of carbonyl (C=O) groups excluding carboxylic acids is 4. The first kappa shape index (κ1) is 38.9. The maximum atomic E-state index is 14.5. The average Bonchev–Trinajstić information content (AvgIpc) is 3.63. The van der Waals surface area contributed by atoms with Crippen LogP contribution < -0.4 is 19.7 Å². The van der Waals surface area contributed by atoms with Crippen molar-refractivity contribution < 1.29 is 68.6 Å². The Labute approximate surface area is 329 Å². The van der Waals surface area contributed by atoms with Crippen LogP contribution in [0.15, 0.2) is 76.9 Å². The number of ketones is 2. The maximum absolute atomic E-state index is 14.5. The summed E-state index contributed by atoms with van der Waals surface area (Å²) in [5.41, 5.74) is -1.52. The second-order valence-electron chi connectivity index (χ2n) is 14.3. The highest BCUT2D eigenvalue weighted by molar-refractivity contribution is 6.68. The lowest BCUT2D eigenvalue weighted by molar-refractivity contribution is -0.723. The molecule has 8 atom stereocenters. The quantitative estimate of drug-likeness (QED) is 0.0927. The number of aliphatic imine (C=N–C) groups is 2. The van der Waals surface area contributed by atoms with E-state index in [9.17, 15) is 44.7 Å². The molecular weight excluding hydrogens is 758 g/mol. The molecule has 8 rings (SSSR count). The summed E-state index contributed by atoms with van der Waals surface area (Å²) >= 11 is 0. The molecule has 18 nitrogen and oxygen atoms in total. The third-order valence-corrected chi connectivity index (χ3v) is 10.8. The van der Waals surface area contributed by atoms with E-state index in [2.05, 4.69) is 15.3 Å². The number of aldehydes is 1. The van der Waals surface area contributed by atoms with Crippen molar-refractivity contribution >= 4 is 47.0 Å². The van der Waals surface area contributed by atoms with Gasteiger partial charge >= 0.3 is 0 Å². The molecule has 4 aliphatic heterocycles. The molecule has 3 aromatic rings. The van der Waals surface area contributed by atoms with Crippen LogP contribution >= 0.6 is 0 Å². The zero-order chi connectivity index (χ0) is 40.9. The van der Waals surface area contributed by atoms with E-state index in [1.165, 1.54) is 24.5 Å². The van der Waals surface area contributed by atoms with Crippen LogP contribution in [0, 0.1) is 5.41 Å². The van der Waals surface area contributed by atoms with Crippen molar-refractivity contribution in [2.45, 2.75) is 55.1 Å². The number of hydrogen-bond acceptors (Lipinski definition) is 15. The van der Waals surface area contributed by atoms with Gasteiger partial charge in [-0.3, -0.25) is 25.1 Å². The molecule has 8 unspecified atom stereocenters. The molecule has 4 heterocycles.